The number of amides is 1. The van der Waals surface area contributed by atoms with E-state index in [9.17, 15) is 13.2 Å². The van der Waals surface area contributed by atoms with Crippen LogP contribution in [0, 0.1) is 0 Å². The molecule has 2 aliphatic heterocycles. The first-order valence-electron chi connectivity index (χ1n) is 8.70. The van der Waals surface area contributed by atoms with E-state index in [1.54, 1.807) is 35.2 Å². The van der Waals surface area contributed by atoms with Crippen molar-refractivity contribution in [2.24, 2.45) is 0 Å². The number of piperazine rings is 1. The van der Waals surface area contributed by atoms with Crippen molar-refractivity contribution < 1.29 is 17.9 Å². The Morgan fingerprint density at radius 3 is 2.24 bits per heavy atom. The maximum atomic E-state index is 12.6. The Morgan fingerprint density at radius 2 is 1.60 bits per heavy atom. The number of rotatable bonds is 5. The molecular weight excluding hydrogens is 342 g/mol. The zero-order valence-electron chi connectivity index (χ0n) is 14.3. The molecule has 0 unspecified atom stereocenters. The summed E-state index contributed by atoms with van der Waals surface area (Å²) in [6, 6.07) is 8.45. The number of nitrogens with zero attached hydrogens (tertiary/aromatic N) is 3. The van der Waals surface area contributed by atoms with Crippen molar-refractivity contribution in [3.63, 3.8) is 0 Å². The second kappa shape index (κ2) is 8.27. The molecule has 25 heavy (non-hydrogen) atoms. The smallest absolute Gasteiger partial charge is 0.243 e. The van der Waals surface area contributed by atoms with E-state index in [2.05, 4.69) is 4.90 Å². The van der Waals surface area contributed by atoms with E-state index in [1.165, 1.54) is 4.31 Å². The summed E-state index contributed by atoms with van der Waals surface area (Å²) in [5.74, 6) is 0.100. The number of sulfonamides is 1. The highest BCUT2D eigenvalue weighted by atomic mass is 32.2. The predicted molar refractivity (Wildman–Crippen MR) is 93.7 cm³/mol. The van der Waals surface area contributed by atoms with Gasteiger partial charge in [0.15, 0.2) is 0 Å². The first-order chi connectivity index (χ1) is 12.1. The summed E-state index contributed by atoms with van der Waals surface area (Å²) in [6.45, 7) is 5.54. The molecule has 8 heteroatoms. The average Bonchev–Trinajstić information content (AvgIpc) is 2.68. The Balaban J connectivity index is 1.49. The first-order valence-corrected chi connectivity index (χ1v) is 10.1. The molecule has 2 aliphatic rings. The van der Waals surface area contributed by atoms with Crippen molar-refractivity contribution in [2.75, 3.05) is 59.0 Å². The number of carbonyl (C=O) groups is 1. The molecule has 0 N–H and O–H groups in total. The zero-order chi connectivity index (χ0) is 17.7. The van der Waals surface area contributed by atoms with E-state index in [0.29, 0.717) is 37.5 Å². The number of hydrogen-bond acceptors (Lipinski definition) is 5. The molecule has 2 saturated heterocycles. The lowest BCUT2D eigenvalue weighted by molar-refractivity contribution is -0.133. The van der Waals surface area contributed by atoms with E-state index in [1.807, 2.05) is 0 Å². The standard InChI is InChI=1S/C17H25N3O4S/c21-17(6-7-18-12-14-24-15-13-18)19-8-10-20(11-9-19)25(22,23)16-4-2-1-3-5-16/h1-5H,6-15H2. The Bertz CT molecular complexity index is 666. The van der Waals surface area contributed by atoms with Gasteiger partial charge in [-0.15, -0.1) is 0 Å². The molecule has 0 saturated carbocycles. The number of hydrogen-bond donors (Lipinski definition) is 0. The third kappa shape index (κ3) is 4.58. The first kappa shape index (κ1) is 18.3. The van der Waals surface area contributed by atoms with Crippen molar-refractivity contribution >= 4 is 15.9 Å². The van der Waals surface area contributed by atoms with Crippen molar-refractivity contribution in [2.45, 2.75) is 11.3 Å². The second-order valence-corrected chi connectivity index (χ2v) is 8.24. The van der Waals surface area contributed by atoms with E-state index in [4.69, 9.17) is 4.74 Å². The van der Waals surface area contributed by atoms with Crippen LogP contribution in [0.3, 0.4) is 0 Å². The van der Waals surface area contributed by atoms with E-state index >= 15 is 0 Å². The van der Waals surface area contributed by atoms with Gasteiger partial charge in [0.1, 0.15) is 0 Å². The normalized spacial score (nSPS) is 20.6. The van der Waals surface area contributed by atoms with Crippen LogP contribution in [-0.2, 0) is 19.6 Å². The molecule has 0 aromatic heterocycles. The third-order valence-corrected chi connectivity index (χ3v) is 6.63. The predicted octanol–water partition coefficient (Wildman–Crippen LogP) is 0.242. The molecule has 1 aromatic rings. The molecular formula is C17H25N3O4S. The van der Waals surface area contributed by atoms with Crippen molar-refractivity contribution in [1.29, 1.82) is 0 Å². The van der Waals surface area contributed by atoms with E-state index in [0.717, 1.165) is 32.8 Å². The summed E-state index contributed by atoms with van der Waals surface area (Å²) in [5, 5.41) is 0. The zero-order valence-corrected chi connectivity index (χ0v) is 15.2. The maximum Gasteiger partial charge on any atom is 0.243 e. The van der Waals surface area contributed by atoms with Crippen LogP contribution in [0.25, 0.3) is 0 Å². The highest BCUT2D eigenvalue weighted by Gasteiger charge is 2.29. The summed E-state index contributed by atoms with van der Waals surface area (Å²) < 4.78 is 32.0. The van der Waals surface area contributed by atoms with Crippen LogP contribution in [-0.4, -0.2) is 87.5 Å². The van der Waals surface area contributed by atoms with Gasteiger partial charge in [-0.2, -0.15) is 4.31 Å². The van der Waals surface area contributed by atoms with Gasteiger partial charge in [0.05, 0.1) is 18.1 Å². The lowest BCUT2D eigenvalue weighted by atomic mass is 10.3. The monoisotopic (exact) mass is 367 g/mol. The van der Waals surface area contributed by atoms with Gasteiger partial charge in [-0.1, -0.05) is 18.2 Å². The Kier molecular flexibility index (Phi) is 6.06. The summed E-state index contributed by atoms with van der Waals surface area (Å²) in [7, 11) is -3.47. The Labute approximate surface area is 149 Å². The van der Waals surface area contributed by atoms with Gasteiger partial charge in [-0.3, -0.25) is 9.69 Å². The number of carbonyl (C=O) groups excluding carboxylic acids is 1. The van der Waals surface area contributed by atoms with Crippen LogP contribution in [0.15, 0.2) is 35.2 Å². The van der Waals surface area contributed by atoms with Crippen molar-refractivity contribution in [1.82, 2.24) is 14.1 Å². The van der Waals surface area contributed by atoms with Gasteiger partial charge >= 0.3 is 0 Å². The minimum absolute atomic E-state index is 0.100. The molecule has 3 rings (SSSR count). The molecule has 2 fully saturated rings. The lowest BCUT2D eigenvalue weighted by Gasteiger charge is -2.34. The van der Waals surface area contributed by atoms with Crippen LogP contribution in [0.2, 0.25) is 0 Å². The minimum Gasteiger partial charge on any atom is -0.379 e. The van der Waals surface area contributed by atoms with Gasteiger partial charge in [0.2, 0.25) is 15.9 Å². The molecule has 138 valence electrons. The average molecular weight is 367 g/mol. The quantitative estimate of drug-likeness (QED) is 0.746. The number of ether oxygens (including phenoxy) is 1. The topological polar surface area (TPSA) is 70.2 Å². The minimum atomic E-state index is -3.47. The van der Waals surface area contributed by atoms with Crippen LogP contribution >= 0.6 is 0 Å². The highest BCUT2D eigenvalue weighted by molar-refractivity contribution is 7.89. The molecule has 0 radical (unpaired) electrons. The highest BCUT2D eigenvalue weighted by Crippen LogP contribution is 2.17. The van der Waals surface area contributed by atoms with Crippen LogP contribution in [0.4, 0.5) is 0 Å². The molecule has 0 aliphatic carbocycles. The fourth-order valence-corrected chi connectivity index (χ4v) is 4.60. The molecule has 7 nitrogen and oxygen atoms in total. The van der Waals surface area contributed by atoms with Crippen LogP contribution in [0.5, 0.6) is 0 Å². The van der Waals surface area contributed by atoms with Crippen molar-refractivity contribution in [3.05, 3.63) is 30.3 Å². The molecule has 1 aromatic carbocycles. The summed E-state index contributed by atoms with van der Waals surface area (Å²) in [6.07, 6.45) is 0.478. The molecule has 0 atom stereocenters. The number of benzene rings is 1. The van der Waals surface area contributed by atoms with Crippen LogP contribution in [0.1, 0.15) is 6.42 Å². The maximum absolute atomic E-state index is 12.6. The van der Waals surface area contributed by atoms with E-state index < -0.39 is 10.0 Å². The summed E-state index contributed by atoms with van der Waals surface area (Å²) in [5.41, 5.74) is 0. The van der Waals surface area contributed by atoms with Gasteiger partial charge in [0.25, 0.3) is 0 Å². The van der Waals surface area contributed by atoms with Crippen LogP contribution < -0.4 is 0 Å². The second-order valence-electron chi connectivity index (χ2n) is 6.30. The lowest BCUT2D eigenvalue weighted by Crippen LogP contribution is -2.51. The van der Waals surface area contributed by atoms with Gasteiger partial charge < -0.3 is 9.64 Å². The molecule has 1 amide bonds. The van der Waals surface area contributed by atoms with Crippen molar-refractivity contribution in [3.8, 4) is 0 Å². The summed E-state index contributed by atoms with van der Waals surface area (Å²) in [4.78, 5) is 16.7. The molecule has 2 heterocycles. The summed E-state index contributed by atoms with van der Waals surface area (Å²) >= 11 is 0. The van der Waals surface area contributed by atoms with E-state index in [-0.39, 0.29) is 5.91 Å². The largest absolute Gasteiger partial charge is 0.379 e. The van der Waals surface area contributed by atoms with Gasteiger partial charge in [-0.05, 0) is 12.1 Å². The molecule has 0 bridgehead atoms. The number of morpholine rings is 1. The SMILES string of the molecule is O=C(CCN1CCOCC1)N1CCN(S(=O)(=O)c2ccccc2)CC1. The Morgan fingerprint density at radius 1 is 0.960 bits per heavy atom. The fourth-order valence-electron chi connectivity index (χ4n) is 3.16. The fraction of sp³-hybridized carbons (Fsp3) is 0.588. The Hall–Kier alpha value is -1.48. The van der Waals surface area contributed by atoms with Gasteiger partial charge in [0, 0.05) is 52.2 Å². The third-order valence-electron chi connectivity index (χ3n) is 4.72. The molecule has 0 spiro atoms. The van der Waals surface area contributed by atoms with Gasteiger partial charge in [-0.25, -0.2) is 8.42 Å².